The number of hydrogen-bond donors (Lipinski definition) is 0. The summed E-state index contributed by atoms with van der Waals surface area (Å²) in [5.74, 6) is 0.0154. The molecule has 0 saturated carbocycles. The minimum Gasteiger partial charge on any atom is -0.339 e. The van der Waals surface area contributed by atoms with Crippen molar-refractivity contribution in [1.29, 1.82) is 0 Å². The second-order valence-corrected chi connectivity index (χ2v) is 7.75. The van der Waals surface area contributed by atoms with Gasteiger partial charge in [0.25, 0.3) is 0 Å². The maximum absolute atomic E-state index is 14.4. The first-order valence-corrected chi connectivity index (χ1v) is 10.0. The van der Waals surface area contributed by atoms with Crippen LogP contribution in [0.15, 0.2) is 65.7 Å². The molecule has 2 aromatic heterocycles. The summed E-state index contributed by atoms with van der Waals surface area (Å²) in [7, 11) is 0. The zero-order valence-corrected chi connectivity index (χ0v) is 16.9. The van der Waals surface area contributed by atoms with Crippen LogP contribution in [0.1, 0.15) is 29.4 Å². The van der Waals surface area contributed by atoms with E-state index in [-0.39, 0.29) is 23.9 Å². The molecule has 1 amide bonds. The molecule has 0 bridgehead atoms. The molecule has 4 aromatic rings. The van der Waals surface area contributed by atoms with Crippen molar-refractivity contribution in [3.63, 3.8) is 0 Å². The lowest BCUT2D eigenvalue weighted by Crippen LogP contribution is -2.25. The molecule has 1 saturated heterocycles. The van der Waals surface area contributed by atoms with E-state index in [2.05, 4.69) is 15.1 Å². The summed E-state index contributed by atoms with van der Waals surface area (Å²) >= 11 is 0. The van der Waals surface area contributed by atoms with Crippen molar-refractivity contribution in [3.05, 3.63) is 84.0 Å². The molecule has 0 aliphatic carbocycles. The van der Waals surface area contributed by atoms with Gasteiger partial charge in [-0.15, -0.1) is 0 Å². The summed E-state index contributed by atoms with van der Waals surface area (Å²) < 4.78 is 21.8. The standard InChI is InChI=1S/C23H20FN5O2/c1-15-5-6-20(19(24)9-15)29-13-18(11-21(29)30)23-26-22(27-31-23)17-4-2-3-16(10-17)12-28-8-7-25-14-28/h2-10,14,18H,11-13H2,1H3. The fourth-order valence-corrected chi connectivity index (χ4v) is 3.85. The van der Waals surface area contributed by atoms with Gasteiger partial charge in [-0.3, -0.25) is 4.79 Å². The van der Waals surface area contributed by atoms with E-state index in [1.54, 1.807) is 24.7 Å². The quantitative estimate of drug-likeness (QED) is 0.491. The van der Waals surface area contributed by atoms with Crippen LogP contribution >= 0.6 is 0 Å². The number of benzene rings is 2. The summed E-state index contributed by atoms with van der Waals surface area (Å²) in [4.78, 5) is 22.6. The number of imidazole rings is 1. The summed E-state index contributed by atoms with van der Waals surface area (Å²) in [5.41, 5.74) is 3.00. The SMILES string of the molecule is Cc1ccc(N2CC(c3nc(-c4cccc(Cn5ccnc5)c4)no3)CC2=O)c(F)c1. The van der Waals surface area contributed by atoms with E-state index in [1.807, 2.05) is 42.0 Å². The predicted octanol–water partition coefficient (Wildman–Crippen LogP) is 3.95. The minimum absolute atomic E-state index is 0.158. The zero-order chi connectivity index (χ0) is 21.4. The number of rotatable bonds is 5. The van der Waals surface area contributed by atoms with E-state index in [1.165, 1.54) is 11.0 Å². The molecule has 7 nitrogen and oxygen atoms in total. The van der Waals surface area contributed by atoms with Gasteiger partial charge in [-0.05, 0) is 36.2 Å². The molecule has 156 valence electrons. The second kappa shape index (κ2) is 7.79. The average molecular weight is 417 g/mol. The van der Waals surface area contributed by atoms with Crippen LogP contribution in [0.5, 0.6) is 0 Å². The largest absolute Gasteiger partial charge is 0.339 e. The van der Waals surface area contributed by atoms with Gasteiger partial charge in [0, 0.05) is 37.5 Å². The second-order valence-electron chi connectivity index (χ2n) is 7.75. The fraction of sp³-hybridized carbons (Fsp3) is 0.217. The Bertz CT molecular complexity index is 1230. The molecular formula is C23H20FN5O2. The zero-order valence-electron chi connectivity index (χ0n) is 16.9. The van der Waals surface area contributed by atoms with Gasteiger partial charge in [0.1, 0.15) is 5.82 Å². The Morgan fingerprint density at radius 1 is 1.23 bits per heavy atom. The Kier molecular flexibility index (Phi) is 4.82. The first-order valence-electron chi connectivity index (χ1n) is 10.0. The van der Waals surface area contributed by atoms with E-state index in [4.69, 9.17) is 4.52 Å². The van der Waals surface area contributed by atoms with Gasteiger partial charge >= 0.3 is 0 Å². The van der Waals surface area contributed by atoms with Crippen LogP contribution in [0.25, 0.3) is 11.4 Å². The van der Waals surface area contributed by atoms with Gasteiger partial charge in [0.2, 0.25) is 17.6 Å². The Morgan fingerprint density at radius 2 is 2.13 bits per heavy atom. The van der Waals surface area contributed by atoms with Crippen molar-refractivity contribution in [2.75, 3.05) is 11.4 Å². The van der Waals surface area contributed by atoms with Gasteiger partial charge in [-0.1, -0.05) is 29.4 Å². The molecule has 0 spiro atoms. The van der Waals surface area contributed by atoms with E-state index in [9.17, 15) is 9.18 Å². The molecule has 3 heterocycles. The molecule has 1 aliphatic heterocycles. The fourth-order valence-electron chi connectivity index (χ4n) is 3.85. The monoisotopic (exact) mass is 417 g/mol. The van der Waals surface area contributed by atoms with Gasteiger partial charge in [0.05, 0.1) is 17.9 Å². The van der Waals surface area contributed by atoms with Crippen LogP contribution < -0.4 is 4.90 Å². The molecule has 1 unspecified atom stereocenters. The number of aromatic nitrogens is 4. The highest BCUT2D eigenvalue weighted by molar-refractivity contribution is 5.96. The Hall–Kier alpha value is -3.81. The topological polar surface area (TPSA) is 77.1 Å². The van der Waals surface area contributed by atoms with Gasteiger partial charge in [0.15, 0.2) is 0 Å². The highest BCUT2D eigenvalue weighted by Crippen LogP contribution is 2.33. The number of amides is 1. The third-order valence-corrected chi connectivity index (χ3v) is 5.42. The normalized spacial score (nSPS) is 16.3. The minimum atomic E-state index is -0.407. The maximum atomic E-state index is 14.4. The van der Waals surface area contributed by atoms with Crippen molar-refractivity contribution in [3.8, 4) is 11.4 Å². The van der Waals surface area contributed by atoms with Crippen LogP contribution in [0.4, 0.5) is 10.1 Å². The maximum Gasteiger partial charge on any atom is 0.232 e. The first kappa shape index (κ1) is 19.2. The van der Waals surface area contributed by atoms with Gasteiger partial charge in [-0.2, -0.15) is 4.98 Å². The number of aryl methyl sites for hydroxylation is 1. The van der Waals surface area contributed by atoms with E-state index < -0.39 is 5.82 Å². The first-order chi connectivity index (χ1) is 15.1. The van der Waals surface area contributed by atoms with Gasteiger partial charge in [-0.25, -0.2) is 9.37 Å². The van der Waals surface area contributed by atoms with E-state index in [0.717, 1.165) is 16.7 Å². The molecule has 0 radical (unpaired) electrons. The Balaban J connectivity index is 1.35. The van der Waals surface area contributed by atoms with Crippen molar-refractivity contribution < 1.29 is 13.7 Å². The average Bonchev–Trinajstić information content (AvgIpc) is 3.50. The van der Waals surface area contributed by atoms with Crippen LogP contribution in [-0.2, 0) is 11.3 Å². The number of nitrogens with zero attached hydrogens (tertiary/aromatic N) is 5. The highest BCUT2D eigenvalue weighted by Gasteiger charge is 2.36. The lowest BCUT2D eigenvalue weighted by Gasteiger charge is -2.17. The smallest absolute Gasteiger partial charge is 0.232 e. The summed E-state index contributed by atoms with van der Waals surface area (Å²) in [6, 6.07) is 12.7. The Labute approximate surface area is 178 Å². The molecule has 1 fully saturated rings. The predicted molar refractivity (Wildman–Crippen MR) is 112 cm³/mol. The number of carbonyl (C=O) groups is 1. The van der Waals surface area contributed by atoms with E-state index in [0.29, 0.717) is 24.8 Å². The van der Waals surface area contributed by atoms with Crippen molar-refractivity contribution >= 4 is 11.6 Å². The lowest BCUT2D eigenvalue weighted by atomic mass is 10.1. The summed E-state index contributed by atoms with van der Waals surface area (Å²) in [5, 5.41) is 4.11. The van der Waals surface area contributed by atoms with Crippen LogP contribution in [0, 0.1) is 12.7 Å². The summed E-state index contributed by atoms with van der Waals surface area (Å²) in [6.45, 7) is 2.81. The molecule has 1 aliphatic rings. The highest BCUT2D eigenvalue weighted by atomic mass is 19.1. The number of hydrogen-bond acceptors (Lipinski definition) is 5. The number of carbonyl (C=O) groups excluding carboxylic acids is 1. The third kappa shape index (κ3) is 3.84. The lowest BCUT2D eigenvalue weighted by molar-refractivity contribution is -0.117. The molecule has 8 heteroatoms. The molecular weight excluding hydrogens is 397 g/mol. The van der Waals surface area contributed by atoms with Crippen molar-refractivity contribution in [2.24, 2.45) is 0 Å². The number of halogens is 1. The van der Waals surface area contributed by atoms with E-state index >= 15 is 0 Å². The van der Waals surface area contributed by atoms with Crippen molar-refractivity contribution in [2.45, 2.75) is 25.8 Å². The molecule has 0 N–H and O–H groups in total. The molecule has 1 atom stereocenters. The van der Waals surface area contributed by atoms with Crippen LogP contribution in [-0.4, -0.2) is 32.1 Å². The molecule has 5 rings (SSSR count). The number of anilines is 1. The summed E-state index contributed by atoms with van der Waals surface area (Å²) in [6.07, 6.45) is 5.61. The van der Waals surface area contributed by atoms with Crippen LogP contribution in [0.2, 0.25) is 0 Å². The van der Waals surface area contributed by atoms with Crippen LogP contribution in [0.3, 0.4) is 0 Å². The third-order valence-electron chi connectivity index (χ3n) is 5.42. The van der Waals surface area contributed by atoms with Crippen molar-refractivity contribution in [1.82, 2.24) is 19.7 Å². The Morgan fingerprint density at radius 3 is 2.94 bits per heavy atom. The molecule has 31 heavy (non-hydrogen) atoms. The molecule has 2 aromatic carbocycles. The van der Waals surface area contributed by atoms with Gasteiger partial charge < -0.3 is 14.0 Å².